The summed E-state index contributed by atoms with van der Waals surface area (Å²) in [5.74, 6) is 0.583. The molecule has 0 bridgehead atoms. The maximum absolute atomic E-state index is 12.0. The van der Waals surface area contributed by atoms with E-state index in [9.17, 15) is 9.90 Å². The van der Waals surface area contributed by atoms with Crippen LogP contribution in [-0.4, -0.2) is 42.3 Å². The van der Waals surface area contributed by atoms with Gasteiger partial charge in [-0.15, -0.1) is 0 Å². The lowest BCUT2D eigenvalue weighted by atomic mass is 9.94. The number of hydrogen-bond donors (Lipinski definition) is 1. The Morgan fingerprint density at radius 1 is 1.07 bits per heavy atom. The van der Waals surface area contributed by atoms with Gasteiger partial charge in [0.2, 0.25) is 0 Å². The van der Waals surface area contributed by atoms with Gasteiger partial charge >= 0.3 is 5.97 Å². The van der Waals surface area contributed by atoms with Crippen LogP contribution in [0.25, 0.3) is 10.8 Å². The fourth-order valence-corrected chi connectivity index (χ4v) is 4.45. The van der Waals surface area contributed by atoms with Crippen LogP contribution < -0.4 is 9.47 Å². The van der Waals surface area contributed by atoms with Crippen molar-refractivity contribution in [2.45, 2.75) is 31.8 Å². The second-order valence-corrected chi connectivity index (χ2v) is 7.59. The van der Waals surface area contributed by atoms with E-state index in [0.29, 0.717) is 24.5 Å². The molecule has 2 atom stereocenters. The first-order valence-electron chi connectivity index (χ1n) is 10.4. The minimum Gasteiger partial charge on any atom is -0.493 e. The molecule has 0 radical (unpaired) electrons. The van der Waals surface area contributed by atoms with Gasteiger partial charge in [-0.1, -0.05) is 42.5 Å². The van der Waals surface area contributed by atoms with Crippen LogP contribution in [0.2, 0.25) is 0 Å². The number of carbonyl (C=O) groups is 1. The molecule has 3 aromatic rings. The Bertz CT molecular complexity index is 1050. The number of methoxy groups -OCH3 is 1. The minimum atomic E-state index is -0.767. The fraction of sp³-hybridized carbons (Fsp3) is 0.320. The zero-order valence-electron chi connectivity index (χ0n) is 17.4. The zero-order valence-corrected chi connectivity index (χ0v) is 17.4. The molecule has 1 aliphatic heterocycles. The number of likely N-dealkylation sites (tertiary alicyclic amines) is 1. The highest BCUT2D eigenvalue weighted by atomic mass is 16.5. The lowest BCUT2D eigenvalue weighted by Crippen LogP contribution is -2.39. The fourth-order valence-electron chi connectivity index (χ4n) is 4.45. The Morgan fingerprint density at radius 2 is 1.80 bits per heavy atom. The molecule has 1 saturated heterocycles. The average molecular weight is 405 g/mol. The topological polar surface area (TPSA) is 59.0 Å². The Balaban J connectivity index is 1.84. The van der Waals surface area contributed by atoms with E-state index in [4.69, 9.17) is 9.47 Å². The van der Waals surface area contributed by atoms with Gasteiger partial charge in [-0.05, 0) is 59.9 Å². The molecule has 4 rings (SSSR count). The van der Waals surface area contributed by atoms with Crippen molar-refractivity contribution in [3.8, 4) is 11.5 Å². The van der Waals surface area contributed by atoms with Gasteiger partial charge in [0.05, 0.1) is 19.8 Å². The summed E-state index contributed by atoms with van der Waals surface area (Å²) < 4.78 is 11.3. The van der Waals surface area contributed by atoms with Crippen molar-refractivity contribution in [1.82, 2.24) is 4.90 Å². The third-order valence-corrected chi connectivity index (χ3v) is 5.80. The smallest absolute Gasteiger partial charge is 0.320 e. The van der Waals surface area contributed by atoms with E-state index in [1.54, 1.807) is 7.11 Å². The van der Waals surface area contributed by atoms with Crippen LogP contribution in [0.15, 0.2) is 60.7 Å². The molecule has 1 N–H and O–H groups in total. The number of carboxylic acids is 1. The van der Waals surface area contributed by atoms with Gasteiger partial charge in [-0.3, -0.25) is 9.69 Å². The number of hydrogen-bond acceptors (Lipinski definition) is 4. The summed E-state index contributed by atoms with van der Waals surface area (Å²) >= 11 is 0. The molecule has 0 aliphatic carbocycles. The summed E-state index contributed by atoms with van der Waals surface area (Å²) in [6.45, 7) is 3.23. The van der Waals surface area contributed by atoms with Crippen LogP contribution in [0.4, 0.5) is 0 Å². The molecule has 156 valence electrons. The maximum Gasteiger partial charge on any atom is 0.320 e. The van der Waals surface area contributed by atoms with E-state index in [0.717, 1.165) is 29.5 Å². The van der Waals surface area contributed by atoms with Crippen molar-refractivity contribution in [3.05, 3.63) is 71.8 Å². The second kappa shape index (κ2) is 8.76. The Morgan fingerprint density at radius 3 is 2.53 bits per heavy atom. The van der Waals surface area contributed by atoms with Crippen LogP contribution in [0.1, 0.15) is 36.9 Å². The second-order valence-electron chi connectivity index (χ2n) is 7.59. The molecule has 0 spiro atoms. The van der Waals surface area contributed by atoms with E-state index in [1.165, 1.54) is 5.39 Å². The summed E-state index contributed by atoms with van der Waals surface area (Å²) in [5, 5.41) is 12.1. The molecule has 5 heteroatoms. The molecule has 1 fully saturated rings. The highest BCUT2D eigenvalue weighted by Gasteiger charge is 2.37. The quantitative estimate of drug-likeness (QED) is 0.607. The third-order valence-electron chi connectivity index (χ3n) is 5.80. The molecular formula is C25H27NO4. The van der Waals surface area contributed by atoms with E-state index in [-0.39, 0.29) is 6.04 Å². The lowest BCUT2D eigenvalue weighted by molar-refractivity contribution is -0.142. The summed E-state index contributed by atoms with van der Waals surface area (Å²) in [6.07, 6.45) is 1.53. The number of benzene rings is 3. The van der Waals surface area contributed by atoms with Gasteiger partial charge in [-0.25, -0.2) is 0 Å². The Kier molecular flexibility index (Phi) is 5.91. The van der Waals surface area contributed by atoms with Gasteiger partial charge in [0.15, 0.2) is 11.5 Å². The first-order valence-corrected chi connectivity index (χ1v) is 10.4. The minimum absolute atomic E-state index is 0.178. The highest BCUT2D eigenvalue weighted by molar-refractivity contribution is 5.83. The Labute approximate surface area is 176 Å². The number of carboxylic acid groups (broad SMARTS) is 1. The van der Waals surface area contributed by atoms with Gasteiger partial charge in [0.1, 0.15) is 6.04 Å². The highest BCUT2D eigenvalue weighted by Crippen LogP contribution is 2.39. The Hall–Kier alpha value is -3.05. The van der Waals surface area contributed by atoms with Gasteiger partial charge < -0.3 is 14.6 Å². The molecule has 3 aromatic carbocycles. The van der Waals surface area contributed by atoms with Crippen molar-refractivity contribution in [1.29, 1.82) is 0 Å². The van der Waals surface area contributed by atoms with Crippen molar-refractivity contribution in [2.24, 2.45) is 0 Å². The monoisotopic (exact) mass is 405 g/mol. The molecule has 30 heavy (non-hydrogen) atoms. The zero-order chi connectivity index (χ0) is 21.1. The van der Waals surface area contributed by atoms with Gasteiger partial charge in [0.25, 0.3) is 0 Å². The van der Waals surface area contributed by atoms with Crippen LogP contribution in [0.5, 0.6) is 11.5 Å². The van der Waals surface area contributed by atoms with Crippen LogP contribution in [0, 0.1) is 0 Å². The molecule has 0 amide bonds. The van der Waals surface area contributed by atoms with Gasteiger partial charge in [0, 0.05) is 6.54 Å². The first-order chi connectivity index (χ1) is 14.6. The number of nitrogens with zero attached hydrogens (tertiary/aromatic N) is 1. The SMILES string of the molecule is CCOc1ccc(C(c2ccc3ccccc3c2)N2CCCC2C(=O)O)cc1OC. The van der Waals surface area contributed by atoms with Crippen LogP contribution in [-0.2, 0) is 4.79 Å². The molecule has 1 aliphatic rings. The predicted octanol–water partition coefficient (Wildman–Crippen LogP) is 4.89. The van der Waals surface area contributed by atoms with E-state index < -0.39 is 12.0 Å². The van der Waals surface area contributed by atoms with Gasteiger partial charge in [-0.2, -0.15) is 0 Å². The van der Waals surface area contributed by atoms with Crippen molar-refractivity contribution >= 4 is 16.7 Å². The third kappa shape index (κ3) is 3.85. The van der Waals surface area contributed by atoms with Crippen molar-refractivity contribution < 1.29 is 19.4 Å². The van der Waals surface area contributed by atoms with E-state index in [1.807, 2.05) is 37.3 Å². The number of fused-ring (bicyclic) bond motifs is 1. The molecule has 0 aromatic heterocycles. The first kappa shape index (κ1) is 20.2. The molecular weight excluding hydrogens is 378 g/mol. The maximum atomic E-state index is 12.0. The van der Waals surface area contributed by atoms with E-state index >= 15 is 0 Å². The summed E-state index contributed by atoms with van der Waals surface area (Å²) in [6, 6.07) is 19.8. The normalized spacial score (nSPS) is 17.7. The van der Waals surface area contributed by atoms with Crippen molar-refractivity contribution in [3.63, 3.8) is 0 Å². The molecule has 5 nitrogen and oxygen atoms in total. The predicted molar refractivity (Wildman–Crippen MR) is 117 cm³/mol. The standard InChI is InChI=1S/C25H27NO4/c1-3-30-22-13-12-20(16-23(22)29-2)24(26-14-6-9-21(26)25(27)28)19-11-10-17-7-4-5-8-18(17)15-19/h4-5,7-8,10-13,15-16,21,24H,3,6,9,14H2,1-2H3,(H,27,28). The molecule has 0 saturated carbocycles. The van der Waals surface area contributed by atoms with Crippen LogP contribution >= 0.6 is 0 Å². The van der Waals surface area contributed by atoms with E-state index in [2.05, 4.69) is 35.2 Å². The number of aliphatic carboxylic acids is 1. The molecule has 2 unspecified atom stereocenters. The number of rotatable bonds is 7. The van der Waals surface area contributed by atoms with Crippen LogP contribution in [0.3, 0.4) is 0 Å². The summed E-state index contributed by atoms with van der Waals surface area (Å²) in [5.41, 5.74) is 2.08. The van der Waals surface area contributed by atoms with Crippen molar-refractivity contribution in [2.75, 3.05) is 20.3 Å². The average Bonchev–Trinajstić information content (AvgIpc) is 3.24. The summed E-state index contributed by atoms with van der Waals surface area (Å²) in [4.78, 5) is 14.1. The number of ether oxygens (including phenoxy) is 2. The summed E-state index contributed by atoms with van der Waals surface area (Å²) in [7, 11) is 1.63. The molecule has 1 heterocycles. The largest absolute Gasteiger partial charge is 0.493 e. The lowest BCUT2D eigenvalue weighted by Gasteiger charge is -2.32.